The minimum absolute atomic E-state index is 0. The molecule has 3 heteroatoms. The Labute approximate surface area is 182 Å². The standard InChI is InChI=1S/C13H9.C6H10.C5H5.2ClH.Hf/c1-3-7-12-10(5-1)9-11-6-2-4-8-13(11)12;1-2-4-6-5-3-1;1-2-4-5-3-1;;;/h1-9H;1-5H2;1-3H,4H2;2*1H;. The molecular weight excluding hydrogens is 538 g/mol. The van der Waals surface area contributed by atoms with Gasteiger partial charge in [-0.1, -0.05) is 0 Å². The van der Waals surface area contributed by atoms with E-state index in [-0.39, 0.29) is 24.8 Å². The predicted molar refractivity (Wildman–Crippen MR) is 118 cm³/mol. The van der Waals surface area contributed by atoms with Crippen molar-refractivity contribution in [2.24, 2.45) is 0 Å². The van der Waals surface area contributed by atoms with E-state index in [1.807, 2.05) is 6.58 Å². The predicted octanol–water partition coefficient (Wildman–Crippen LogP) is 7.20. The van der Waals surface area contributed by atoms with Crippen molar-refractivity contribution >= 4 is 28.1 Å². The third-order valence-corrected chi connectivity index (χ3v) is 18.7. The van der Waals surface area contributed by atoms with E-state index in [1.165, 1.54) is 49.7 Å². The van der Waals surface area contributed by atoms with Crippen LogP contribution in [0.25, 0.3) is 11.1 Å². The summed E-state index contributed by atoms with van der Waals surface area (Å²) in [6.07, 6.45) is 15.6. The van der Waals surface area contributed by atoms with E-state index in [0.29, 0.717) is 0 Å². The van der Waals surface area contributed by atoms with Gasteiger partial charge >= 0.3 is 159 Å². The molecule has 140 valence electrons. The van der Waals surface area contributed by atoms with E-state index in [2.05, 4.69) is 66.8 Å². The second-order valence-corrected chi connectivity index (χ2v) is 17.4. The van der Waals surface area contributed by atoms with Gasteiger partial charge in [-0.2, -0.15) is 0 Å². The first-order valence-electron chi connectivity index (χ1n) is 9.69. The van der Waals surface area contributed by atoms with Gasteiger partial charge in [0.1, 0.15) is 0 Å². The summed E-state index contributed by atoms with van der Waals surface area (Å²) in [5.41, 5.74) is 6.29. The van der Waals surface area contributed by atoms with Crippen LogP contribution in [0.1, 0.15) is 53.3 Å². The largest absolute Gasteiger partial charge is 0.147 e. The number of halogens is 2. The molecular formula is C24H26Cl2Hf. The fourth-order valence-corrected chi connectivity index (χ4v) is 18.9. The second-order valence-electron chi connectivity index (χ2n) is 7.51. The molecule has 27 heavy (non-hydrogen) atoms. The summed E-state index contributed by atoms with van der Waals surface area (Å²) in [5.74, 6) is 0. The number of hydrogen-bond donors (Lipinski definition) is 0. The maximum absolute atomic E-state index is 2.49. The van der Waals surface area contributed by atoms with Crippen molar-refractivity contribution in [3.05, 3.63) is 81.2 Å². The van der Waals surface area contributed by atoms with Gasteiger partial charge in [-0.15, -0.1) is 24.8 Å². The van der Waals surface area contributed by atoms with Crippen LogP contribution >= 0.6 is 24.8 Å². The van der Waals surface area contributed by atoms with E-state index in [1.54, 1.807) is 11.1 Å². The van der Waals surface area contributed by atoms with Crippen molar-refractivity contribution in [2.75, 3.05) is 0 Å². The molecule has 0 atom stereocenters. The Balaban J connectivity index is 0.00000105. The van der Waals surface area contributed by atoms with Crippen LogP contribution in [0.5, 0.6) is 0 Å². The molecule has 1 fully saturated rings. The van der Waals surface area contributed by atoms with Crippen molar-refractivity contribution in [3.8, 4) is 11.1 Å². The zero-order chi connectivity index (χ0) is 16.6. The van der Waals surface area contributed by atoms with Gasteiger partial charge in [0.15, 0.2) is 0 Å². The molecule has 1 saturated carbocycles. The van der Waals surface area contributed by atoms with Crippen LogP contribution in [0, 0.1) is 0 Å². The number of hydrogen-bond acceptors (Lipinski definition) is 0. The molecule has 0 nitrogen and oxygen atoms in total. The minimum Gasteiger partial charge on any atom is -0.147 e. The summed E-state index contributed by atoms with van der Waals surface area (Å²) in [6, 6.07) is 18.5. The van der Waals surface area contributed by atoms with E-state index in [4.69, 9.17) is 0 Å². The SMILES string of the molecule is C1=CC[C]([Hf](=[C]2CCCCC2)[CH]2c3ccccc3-c3ccccc32)=C1.Cl.Cl. The molecule has 2 aromatic carbocycles. The smallest absolute Gasteiger partial charge is 0.147 e. The van der Waals surface area contributed by atoms with Gasteiger partial charge < -0.3 is 0 Å². The van der Waals surface area contributed by atoms with Crippen LogP contribution in [0.2, 0.25) is 0 Å². The molecule has 5 rings (SSSR count). The zero-order valence-corrected chi connectivity index (χ0v) is 20.7. The van der Waals surface area contributed by atoms with Gasteiger partial charge in [0.25, 0.3) is 0 Å². The van der Waals surface area contributed by atoms with Crippen molar-refractivity contribution < 1.29 is 21.0 Å². The summed E-state index contributed by atoms with van der Waals surface area (Å²) in [6.45, 7) is 0. The first kappa shape index (κ1) is 21.0. The van der Waals surface area contributed by atoms with Gasteiger partial charge in [0.2, 0.25) is 0 Å². The second kappa shape index (κ2) is 9.16. The molecule has 0 aliphatic heterocycles. The third-order valence-electron chi connectivity index (χ3n) is 6.08. The molecule has 0 N–H and O–H groups in total. The summed E-state index contributed by atoms with van der Waals surface area (Å²) < 4.78 is 4.58. The first-order chi connectivity index (χ1) is 12.4. The molecule has 0 radical (unpaired) electrons. The maximum atomic E-state index is 2.49. The van der Waals surface area contributed by atoms with Crippen molar-refractivity contribution in [1.29, 1.82) is 0 Å². The quantitative estimate of drug-likeness (QED) is 0.339. The summed E-state index contributed by atoms with van der Waals surface area (Å²) in [5, 5.41) is 0. The molecule has 2 aromatic rings. The summed E-state index contributed by atoms with van der Waals surface area (Å²) in [7, 11) is 0. The van der Waals surface area contributed by atoms with Crippen LogP contribution < -0.4 is 0 Å². The Morgan fingerprint density at radius 3 is 1.89 bits per heavy atom. The fourth-order valence-electron chi connectivity index (χ4n) is 4.98. The van der Waals surface area contributed by atoms with Crippen LogP contribution in [-0.2, 0) is 21.0 Å². The maximum Gasteiger partial charge on any atom is -0.147 e. The van der Waals surface area contributed by atoms with Crippen LogP contribution in [0.4, 0.5) is 0 Å². The van der Waals surface area contributed by atoms with Crippen molar-refractivity contribution in [2.45, 2.75) is 42.2 Å². The van der Waals surface area contributed by atoms with Crippen LogP contribution in [0.15, 0.2) is 70.1 Å². The summed E-state index contributed by atoms with van der Waals surface area (Å²) in [4.78, 5) is 0. The number of fused-ring (bicyclic) bond motifs is 3. The van der Waals surface area contributed by atoms with Crippen molar-refractivity contribution in [1.82, 2.24) is 0 Å². The number of benzene rings is 2. The summed E-state index contributed by atoms with van der Waals surface area (Å²) >= 11 is -2.12. The van der Waals surface area contributed by atoms with Crippen LogP contribution in [0.3, 0.4) is 0 Å². The van der Waals surface area contributed by atoms with Gasteiger partial charge in [-0.3, -0.25) is 0 Å². The van der Waals surface area contributed by atoms with E-state index in [0.717, 1.165) is 3.67 Å². The fraction of sp³-hybridized carbons (Fsp3) is 0.292. The average molecular weight is 564 g/mol. The monoisotopic (exact) mass is 564 g/mol. The van der Waals surface area contributed by atoms with Gasteiger partial charge in [-0.25, -0.2) is 0 Å². The molecule has 3 aliphatic rings. The Bertz CT molecular complexity index is 870. The molecule has 0 aromatic heterocycles. The van der Waals surface area contributed by atoms with Crippen LogP contribution in [-0.4, -0.2) is 3.26 Å². The zero-order valence-electron chi connectivity index (χ0n) is 15.5. The van der Waals surface area contributed by atoms with E-state index < -0.39 is 21.0 Å². The molecule has 0 heterocycles. The molecule has 0 unspecified atom stereocenters. The van der Waals surface area contributed by atoms with Gasteiger partial charge in [0, 0.05) is 0 Å². The van der Waals surface area contributed by atoms with Crippen molar-refractivity contribution in [3.63, 3.8) is 0 Å². The Morgan fingerprint density at radius 2 is 1.33 bits per heavy atom. The molecule has 0 bridgehead atoms. The normalized spacial score (nSPS) is 17.5. The molecule has 3 aliphatic carbocycles. The average Bonchev–Trinajstić information content (AvgIpc) is 3.31. The van der Waals surface area contributed by atoms with Gasteiger partial charge in [-0.05, 0) is 0 Å². The topological polar surface area (TPSA) is 0 Å². The minimum atomic E-state index is -2.12. The van der Waals surface area contributed by atoms with E-state index in [9.17, 15) is 0 Å². The van der Waals surface area contributed by atoms with E-state index >= 15 is 0 Å². The number of allylic oxidation sites excluding steroid dienone is 4. The first-order valence-corrected chi connectivity index (χ1v) is 15.4. The number of rotatable bonds is 2. The van der Waals surface area contributed by atoms with Gasteiger partial charge in [0.05, 0.1) is 0 Å². The third kappa shape index (κ3) is 3.76. The Kier molecular flexibility index (Phi) is 7.11. The Morgan fingerprint density at radius 1 is 0.741 bits per heavy atom. The Hall–Kier alpha value is -0.760. The molecule has 0 spiro atoms. The molecule has 0 amide bonds. The molecule has 0 saturated heterocycles.